The Bertz CT molecular complexity index is 427. The molecule has 3 atom stereocenters. The fourth-order valence-corrected chi connectivity index (χ4v) is 3.73. The fourth-order valence-electron chi connectivity index (χ4n) is 3.73. The number of nitrogens with zero attached hydrogens (tertiary/aromatic N) is 1. The molecule has 3 unspecified atom stereocenters. The van der Waals surface area contributed by atoms with Crippen LogP contribution in [0.5, 0.6) is 0 Å². The Kier molecular flexibility index (Phi) is 6.10. The molecule has 0 spiro atoms. The molecular formula is C19H32N2. The molecule has 21 heavy (non-hydrogen) atoms. The number of aryl methyl sites for hydroxylation is 1. The van der Waals surface area contributed by atoms with Crippen LogP contribution in [0.3, 0.4) is 0 Å². The van der Waals surface area contributed by atoms with E-state index in [1.807, 2.05) is 0 Å². The third-order valence-corrected chi connectivity index (χ3v) is 4.90. The Morgan fingerprint density at radius 1 is 1.19 bits per heavy atom. The van der Waals surface area contributed by atoms with E-state index in [1.54, 1.807) is 0 Å². The van der Waals surface area contributed by atoms with Gasteiger partial charge >= 0.3 is 0 Å². The number of nitrogens with one attached hydrogen (secondary N) is 1. The molecule has 0 radical (unpaired) electrons. The van der Waals surface area contributed by atoms with E-state index in [2.05, 4.69) is 62.2 Å². The molecular weight excluding hydrogens is 256 g/mol. The number of benzene rings is 1. The van der Waals surface area contributed by atoms with Crippen LogP contribution in [0.2, 0.25) is 0 Å². The normalized spacial score (nSPS) is 25.8. The largest absolute Gasteiger partial charge is 0.367 e. The Hall–Kier alpha value is -1.02. The highest BCUT2D eigenvalue weighted by Gasteiger charge is 2.32. The molecule has 0 amide bonds. The van der Waals surface area contributed by atoms with Crippen molar-refractivity contribution in [3.05, 3.63) is 29.8 Å². The molecule has 0 bridgehead atoms. The molecule has 2 nitrogen and oxygen atoms in total. The Balaban J connectivity index is 2.21. The maximum absolute atomic E-state index is 3.80. The lowest BCUT2D eigenvalue weighted by atomic mass is 9.82. The molecule has 1 aromatic carbocycles. The Morgan fingerprint density at radius 2 is 1.95 bits per heavy atom. The van der Waals surface area contributed by atoms with Gasteiger partial charge in [-0.2, -0.15) is 0 Å². The first-order valence-electron chi connectivity index (χ1n) is 8.73. The maximum Gasteiger partial charge on any atom is 0.0445 e. The van der Waals surface area contributed by atoms with Crippen molar-refractivity contribution < 1.29 is 0 Å². The van der Waals surface area contributed by atoms with E-state index in [9.17, 15) is 0 Å². The summed E-state index contributed by atoms with van der Waals surface area (Å²) in [7, 11) is 0. The van der Waals surface area contributed by atoms with Crippen LogP contribution in [0.1, 0.15) is 52.0 Å². The lowest BCUT2D eigenvalue weighted by Crippen LogP contribution is -2.53. The SMILES string of the molecule is CCCNC1CCC(C)CC1N(CC)c1ccccc1C. The minimum atomic E-state index is 0.631. The molecule has 118 valence electrons. The van der Waals surface area contributed by atoms with Gasteiger partial charge in [0.05, 0.1) is 0 Å². The van der Waals surface area contributed by atoms with Crippen LogP contribution in [-0.4, -0.2) is 25.2 Å². The second-order valence-corrected chi connectivity index (χ2v) is 6.62. The van der Waals surface area contributed by atoms with Gasteiger partial charge in [0.25, 0.3) is 0 Å². The molecule has 0 aromatic heterocycles. The van der Waals surface area contributed by atoms with Gasteiger partial charge in [-0.1, -0.05) is 32.0 Å². The highest BCUT2D eigenvalue weighted by Crippen LogP contribution is 2.32. The zero-order valence-corrected chi connectivity index (χ0v) is 14.2. The summed E-state index contributed by atoms with van der Waals surface area (Å²) in [4.78, 5) is 2.64. The number of para-hydroxylation sites is 1. The van der Waals surface area contributed by atoms with Gasteiger partial charge in [-0.3, -0.25) is 0 Å². The summed E-state index contributed by atoms with van der Waals surface area (Å²) in [5.41, 5.74) is 2.81. The number of likely N-dealkylation sites (N-methyl/N-ethyl adjacent to an activating group) is 1. The molecule has 2 rings (SSSR count). The zero-order chi connectivity index (χ0) is 15.2. The summed E-state index contributed by atoms with van der Waals surface area (Å²) in [6, 6.07) is 10.1. The highest BCUT2D eigenvalue weighted by atomic mass is 15.2. The monoisotopic (exact) mass is 288 g/mol. The molecule has 1 aliphatic carbocycles. The molecule has 2 heteroatoms. The van der Waals surface area contributed by atoms with Gasteiger partial charge in [-0.25, -0.2) is 0 Å². The molecule has 1 saturated carbocycles. The lowest BCUT2D eigenvalue weighted by molar-refractivity contribution is 0.260. The smallest absolute Gasteiger partial charge is 0.0445 e. The number of hydrogen-bond acceptors (Lipinski definition) is 2. The summed E-state index contributed by atoms with van der Waals surface area (Å²) in [5, 5.41) is 3.80. The van der Waals surface area contributed by atoms with Gasteiger partial charge in [0, 0.05) is 24.3 Å². The van der Waals surface area contributed by atoms with Crippen LogP contribution in [0.15, 0.2) is 24.3 Å². The third kappa shape index (κ3) is 4.00. The third-order valence-electron chi connectivity index (χ3n) is 4.90. The van der Waals surface area contributed by atoms with Crippen molar-refractivity contribution in [1.29, 1.82) is 0 Å². The van der Waals surface area contributed by atoms with Gasteiger partial charge in [-0.15, -0.1) is 0 Å². The summed E-state index contributed by atoms with van der Waals surface area (Å²) in [6.45, 7) is 11.4. The number of hydrogen-bond donors (Lipinski definition) is 1. The molecule has 0 saturated heterocycles. The molecule has 1 fully saturated rings. The molecule has 0 aliphatic heterocycles. The van der Waals surface area contributed by atoms with E-state index >= 15 is 0 Å². The highest BCUT2D eigenvalue weighted by molar-refractivity contribution is 5.54. The Labute approximate surface area is 130 Å². The van der Waals surface area contributed by atoms with Gasteiger partial charge in [-0.05, 0) is 63.6 Å². The van der Waals surface area contributed by atoms with Crippen molar-refractivity contribution in [2.45, 2.75) is 65.5 Å². The van der Waals surface area contributed by atoms with Crippen LogP contribution >= 0.6 is 0 Å². The second kappa shape index (κ2) is 7.84. The molecule has 0 heterocycles. The van der Waals surface area contributed by atoms with Crippen molar-refractivity contribution in [3.8, 4) is 0 Å². The summed E-state index contributed by atoms with van der Waals surface area (Å²) in [5.74, 6) is 0.841. The summed E-state index contributed by atoms with van der Waals surface area (Å²) < 4.78 is 0. The van der Waals surface area contributed by atoms with E-state index in [0.29, 0.717) is 12.1 Å². The van der Waals surface area contributed by atoms with Crippen LogP contribution in [0.25, 0.3) is 0 Å². The minimum Gasteiger partial charge on any atom is -0.367 e. The van der Waals surface area contributed by atoms with E-state index in [0.717, 1.165) is 19.0 Å². The first-order chi connectivity index (χ1) is 10.2. The summed E-state index contributed by atoms with van der Waals surface area (Å²) in [6.07, 6.45) is 5.20. The van der Waals surface area contributed by atoms with Gasteiger partial charge in [0.2, 0.25) is 0 Å². The fraction of sp³-hybridized carbons (Fsp3) is 0.684. The van der Waals surface area contributed by atoms with Crippen LogP contribution in [0, 0.1) is 12.8 Å². The first kappa shape index (κ1) is 16.4. The Morgan fingerprint density at radius 3 is 2.62 bits per heavy atom. The van der Waals surface area contributed by atoms with E-state index < -0.39 is 0 Å². The molecule has 1 aliphatic rings. The van der Waals surface area contributed by atoms with Gasteiger partial charge in [0.15, 0.2) is 0 Å². The van der Waals surface area contributed by atoms with Crippen molar-refractivity contribution in [3.63, 3.8) is 0 Å². The minimum absolute atomic E-state index is 0.631. The first-order valence-corrected chi connectivity index (χ1v) is 8.73. The van der Waals surface area contributed by atoms with E-state index in [4.69, 9.17) is 0 Å². The maximum atomic E-state index is 3.80. The van der Waals surface area contributed by atoms with E-state index in [-0.39, 0.29) is 0 Å². The van der Waals surface area contributed by atoms with Crippen LogP contribution in [0.4, 0.5) is 5.69 Å². The molecule has 1 aromatic rings. The van der Waals surface area contributed by atoms with Crippen LogP contribution < -0.4 is 10.2 Å². The topological polar surface area (TPSA) is 15.3 Å². The quantitative estimate of drug-likeness (QED) is 0.836. The van der Waals surface area contributed by atoms with Crippen LogP contribution in [-0.2, 0) is 0 Å². The standard InChI is InChI=1S/C19H32N2/c1-5-13-20-17-12-11-15(3)14-19(17)21(6-2)18-10-8-7-9-16(18)4/h7-10,15,17,19-20H,5-6,11-14H2,1-4H3. The van der Waals surface area contributed by atoms with Crippen molar-refractivity contribution in [2.24, 2.45) is 5.92 Å². The van der Waals surface area contributed by atoms with Gasteiger partial charge in [0.1, 0.15) is 0 Å². The second-order valence-electron chi connectivity index (χ2n) is 6.62. The van der Waals surface area contributed by atoms with E-state index in [1.165, 1.54) is 36.9 Å². The summed E-state index contributed by atoms with van der Waals surface area (Å²) >= 11 is 0. The number of rotatable bonds is 6. The zero-order valence-electron chi connectivity index (χ0n) is 14.2. The average Bonchev–Trinajstić information content (AvgIpc) is 2.49. The van der Waals surface area contributed by atoms with Crippen molar-refractivity contribution in [2.75, 3.05) is 18.0 Å². The number of anilines is 1. The van der Waals surface area contributed by atoms with Crippen molar-refractivity contribution in [1.82, 2.24) is 5.32 Å². The average molecular weight is 288 g/mol. The van der Waals surface area contributed by atoms with Gasteiger partial charge < -0.3 is 10.2 Å². The van der Waals surface area contributed by atoms with Crippen molar-refractivity contribution >= 4 is 5.69 Å². The lowest BCUT2D eigenvalue weighted by Gasteiger charge is -2.44. The predicted molar refractivity (Wildman–Crippen MR) is 93.1 cm³/mol. The molecule has 1 N–H and O–H groups in total. The predicted octanol–water partition coefficient (Wildman–Crippen LogP) is 4.38.